The van der Waals surface area contributed by atoms with Crippen molar-refractivity contribution in [3.63, 3.8) is 0 Å². The average molecular weight is 130 g/mol. The van der Waals surface area contributed by atoms with Crippen molar-refractivity contribution in [1.82, 2.24) is 0 Å². The predicted molar refractivity (Wildman–Crippen MR) is 35.9 cm³/mol. The van der Waals surface area contributed by atoms with E-state index in [1.807, 2.05) is 0 Å². The molecule has 1 atom stereocenters. The highest BCUT2D eigenvalue weighted by molar-refractivity contribution is 4.76. The van der Waals surface area contributed by atoms with Crippen LogP contribution in [0.5, 0.6) is 0 Å². The molecular formula is C7H16NO+. The first-order valence-corrected chi connectivity index (χ1v) is 3.57. The summed E-state index contributed by atoms with van der Waals surface area (Å²) in [6.07, 6.45) is 2.23. The van der Waals surface area contributed by atoms with E-state index in [9.17, 15) is 0 Å². The molecule has 9 heavy (non-hydrogen) atoms. The molecule has 1 rings (SSSR count). The van der Waals surface area contributed by atoms with Gasteiger partial charge in [0.25, 0.3) is 0 Å². The summed E-state index contributed by atoms with van der Waals surface area (Å²) in [5.41, 5.74) is 4.10. The van der Waals surface area contributed by atoms with E-state index < -0.39 is 0 Å². The molecule has 1 aliphatic heterocycles. The van der Waals surface area contributed by atoms with Crippen LogP contribution in [0.4, 0.5) is 0 Å². The van der Waals surface area contributed by atoms with E-state index >= 15 is 0 Å². The first-order valence-electron chi connectivity index (χ1n) is 3.57. The fourth-order valence-electron chi connectivity index (χ4n) is 1.36. The average Bonchev–Trinajstić information content (AvgIpc) is 1.60. The second-order valence-electron chi connectivity index (χ2n) is 3.47. The van der Waals surface area contributed by atoms with Crippen molar-refractivity contribution in [3.8, 4) is 0 Å². The van der Waals surface area contributed by atoms with E-state index in [0.717, 1.165) is 19.4 Å². The summed E-state index contributed by atoms with van der Waals surface area (Å²) in [5, 5.41) is 0. The first-order chi connectivity index (χ1) is 4.10. The standard InChI is InChI=1S/C7H15NO/c1-7(2)5-6(8)3-4-9-7/h6H,3-5,8H2,1-2H3/p+1/t6-/m1/s1. The molecule has 0 aromatic carbocycles. The number of quaternary nitrogens is 1. The predicted octanol–water partition coefficient (Wildman–Crippen LogP) is 0.186. The molecule has 0 bridgehead atoms. The summed E-state index contributed by atoms with van der Waals surface area (Å²) in [5.74, 6) is 0. The van der Waals surface area contributed by atoms with Gasteiger partial charge in [0.05, 0.1) is 18.2 Å². The van der Waals surface area contributed by atoms with E-state index in [4.69, 9.17) is 4.74 Å². The van der Waals surface area contributed by atoms with E-state index in [2.05, 4.69) is 19.6 Å². The lowest BCUT2D eigenvalue weighted by Gasteiger charge is -2.31. The quantitative estimate of drug-likeness (QED) is 0.499. The summed E-state index contributed by atoms with van der Waals surface area (Å²) in [7, 11) is 0. The van der Waals surface area contributed by atoms with Gasteiger partial charge in [-0.05, 0) is 13.8 Å². The monoisotopic (exact) mass is 130 g/mol. The van der Waals surface area contributed by atoms with Crippen LogP contribution in [0.2, 0.25) is 0 Å². The molecular weight excluding hydrogens is 114 g/mol. The van der Waals surface area contributed by atoms with Crippen LogP contribution in [0.15, 0.2) is 0 Å². The van der Waals surface area contributed by atoms with Crippen molar-refractivity contribution in [2.24, 2.45) is 0 Å². The van der Waals surface area contributed by atoms with Crippen LogP contribution in [0.3, 0.4) is 0 Å². The van der Waals surface area contributed by atoms with Crippen molar-refractivity contribution < 1.29 is 10.5 Å². The normalized spacial score (nSPS) is 34.3. The molecule has 0 radical (unpaired) electrons. The zero-order valence-electron chi connectivity index (χ0n) is 6.31. The van der Waals surface area contributed by atoms with Crippen molar-refractivity contribution >= 4 is 0 Å². The number of hydrogen-bond donors (Lipinski definition) is 1. The summed E-state index contributed by atoms with van der Waals surface area (Å²) < 4.78 is 5.50. The van der Waals surface area contributed by atoms with Crippen molar-refractivity contribution in [3.05, 3.63) is 0 Å². The minimum absolute atomic E-state index is 0.0880. The maximum atomic E-state index is 5.50. The molecule has 1 heterocycles. The second-order valence-corrected chi connectivity index (χ2v) is 3.47. The van der Waals surface area contributed by atoms with Crippen LogP contribution in [-0.2, 0) is 4.74 Å². The molecule has 0 amide bonds. The number of rotatable bonds is 0. The Balaban J connectivity index is 2.41. The third-order valence-electron chi connectivity index (χ3n) is 1.80. The lowest BCUT2D eigenvalue weighted by molar-refractivity contribution is -0.437. The molecule has 0 aliphatic carbocycles. The van der Waals surface area contributed by atoms with Gasteiger partial charge >= 0.3 is 0 Å². The smallest absolute Gasteiger partial charge is 0.0893 e. The minimum Gasteiger partial charge on any atom is -0.375 e. The molecule has 0 saturated carbocycles. The van der Waals surface area contributed by atoms with Gasteiger partial charge in [0.15, 0.2) is 0 Å². The van der Waals surface area contributed by atoms with Gasteiger partial charge in [0, 0.05) is 12.8 Å². The van der Waals surface area contributed by atoms with Gasteiger partial charge in [-0.3, -0.25) is 0 Å². The van der Waals surface area contributed by atoms with E-state index in [1.54, 1.807) is 0 Å². The van der Waals surface area contributed by atoms with Gasteiger partial charge in [-0.2, -0.15) is 0 Å². The summed E-state index contributed by atoms with van der Waals surface area (Å²) in [6, 6.07) is 0.605. The topological polar surface area (TPSA) is 36.9 Å². The Morgan fingerprint density at radius 3 is 2.56 bits per heavy atom. The minimum atomic E-state index is 0.0880. The molecule has 2 nitrogen and oxygen atoms in total. The zero-order valence-corrected chi connectivity index (χ0v) is 6.31. The van der Waals surface area contributed by atoms with E-state index in [-0.39, 0.29) is 5.60 Å². The van der Waals surface area contributed by atoms with Crippen LogP contribution in [0, 0.1) is 0 Å². The Hall–Kier alpha value is -0.0800. The fraction of sp³-hybridized carbons (Fsp3) is 1.00. The number of hydrogen-bond acceptors (Lipinski definition) is 1. The highest BCUT2D eigenvalue weighted by atomic mass is 16.5. The molecule has 1 aliphatic rings. The Kier molecular flexibility index (Phi) is 1.78. The third kappa shape index (κ3) is 1.95. The fourth-order valence-corrected chi connectivity index (χ4v) is 1.36. The van der Waals surface area contributed by atoms with Crippen molar-refractivity contribution in [1.29, 1.82) is 0 Å². The van der Waals surface area contributed by atoms with Crippen LogP contribution < -0.4 is 5.73 Å². The Morgan fingerprint density at radius 2 is 2.22 bits per heavy atom. The van der Waals surface area contributed by atoms with Crippen LogP contribution in [0.1, 0.15) is 26.7 Å². The molecule has 54 valence electrons. The molecule has 1 saturated heterocycles. The lowest BCUT2D eigenvalue weighted by atomic mass is 9.95. The van der Waals surface area contributed by atoms with Crippen molar-refractivity contribution in [2.75, 3.05) is 6.61 Å². The van der Waals surface area contributed by atoms with Gasteiger partial charge in [-0.15, -0.1) is 0 Å². The first kappa shape index (κ1) is 7.03. The molecule has 0 unspecified atom stereocenters. The van der Waals surface area contributed by atoms with Gasteiger partial charge < -0.3 is 10.5 Å². The van der Waals surface area contributed by atoms with Gasteiger partial charge in [-0.1, -0.05) is 0 Å². The van der Waals surface area contributed by atoms with Crippen LogP contribution in [0.25, 0.3) is 0 Å². The summed E-state index contributed by atoms with van der Waals surface area (Å²) >= 11 is 0. The van der Waals surface area contributed by atoms with Crippen LogP contribution in [-0.4, -0.2) is 18.2 Å². The highest BCUT2D eigenvalue weighted by Gasteiger charge is 2.28. The Bertz CT molecular complexity index is 101. The lowest BCUT2D eigenvalue weighted by Crippen LogP contribution is -2.65. The molecule has 2 heteroatoms. The molecule has 3 N–H and O–H groups in total. The maximum absolute atomic E-state index is 5.50. The van der Waals surface area contributed by atoms with E-state index in [0.29, 0.717) is 6.04 Å². The molecule has 0 spiro atoms. The third-order valence-corrected chi connectivity index (χ3v) is 1.80. The van der Waals surface area contributed by atoms with Crippen molar-refractivity contribution in [2.45, 2.75) is 38.3 Å². The zero-order chi connectivity index (χ0) is 6.91. The van der Waals surface area contributed by atoms with E-state index in [1.165, 1.54) is 0 Å². The maximum Gasteiger partial charge on any atom is 0.0893 e. The number of ether oxygens (including phenoxy) is 1. The Labute approximate surface area is 56.4 Å². The summed E-state index contributed by atoms with van der Waals surface area (Å²) in [4.78, 5) is 0. The largest absolute Gasteiger partial charge is 0.375 e. The molecule has 0 aromatic heterocycles. The second kappa shape index (κ2) is 2.27. The van der Waals surface area contributed by atoms with Gasteiger partial charge in [0.2, 0.25) is 0 Å². The van der Waals surface area contributed by atoms with Gasteiger partial charge in [-0.25, -0.2) is 0 Å². The SMILES string of the molecule is CC1(C)C[C@H]([NH3+])CCO1. The molecule has 1 fully saturated rings. The summed E-state index contributed by atoms with van der Waals surface area (Å²) in [6.45, 7) is 5.15. The molecule has 0 aromatic rings. The highest BCUT2D eigenvalue weighted by Crippen LogP contribution is 2.21. The van der Waals surface area contributed by atoms with Gasteiger partial charge in [0.1, 0.15) is 0 Å². The Morgan fingerprint density at radius 1 is 1.56 bits per heavy atom. The van der Waals surface area contributed by atoms with Crippen LogP contribution >= 0.6 is 0 Å².